The Labute approximate surface area is 208 Å². The van der Waals surface area contributed by atoms with E-state index in [2.05, 4.69) is 22.9 Å². The van der Waals surface area contributed by atoms with Gasteiger partial charge >= 0.3 is 5.97 Å². The number of nitrogens with one attached hydrogen (secondary N) is 3. The molecule has 1 fully saturated rings. The minimum Gasteiger partial charge on any atom is -0.460 e. The van der Waals surface area contributed by atoms with Crippen molar-refractivity contribution in [2.45, 2.75) is 103 Å². The van der Waals surface area contributed by atoms with Gasteiger partial charge in [-0.1, -0.05) is 70.4 Å². The third kappa shape index (κ3) is 10.1. The monoisotopic (exact) mass is 487 g/mol. The lowest BCUT2D eigenvalue weighted by Crippen LogP contribution is -2.55. The van der Waals surface area contributed by atoms with Gasteiger partial charge in [-0.2, -0.15) is 0 Å². The predicted molar refractivity (Wildman–Crippen MR) is 134 cm³/mol. The molecule has 1 aromatic carbocycles. The van der Waals surface area contributed by atoms with Crippen LogP contribution in [-0.4, -0.2) is 47.9 Å². The van der Waals surface area contributed by atoms with Crippen LogP contribution in [0.5, 0.6) is 0 Å². The molecule has 2 rings (SSSR count). The van der Waals surface area contributed by atoms with E-state index < -0.39 is 42.0 Å². The highest BCUT2D eigenvalue weighted by molar-refractivity contribution is 5.94. The minimum atomic E-state index is -0.884. The smallest absolute Gasteiger partial charge is 0.328 e. The van der Waals surface area contributed by atoms with Crippen molar-refractivity contribution in [3.63, 3.8) is 0 Å². The number of benzene rings is 1. The lowest BCUT2D eigenvalue weighted by molar-refractivity contribution is -0.155. The number of unbranched alkanes of at least 4 members (excludes halogenated alkanes) is 3. The normalized spacial score (nSPS) is 24.4. The van der Waals surface area contributed by atoms with Crippen molar-refractivity contribution >= 4 is 23.7 Å². The number of carbonyl (C=O) groups is 4. The number of carbonyl (C=O) groups excluding carboxylic acids is 4. The van der Waals surface area contributed by atoms with Gasteiger partial charge < -0.3 is 20.7 Å². The van der Waals surface area contributed by atoms with Crippen LogP contribution in [0.2, 0.25) is 0 Å². The van der Waals surface area contributed by atoms with Crippen LogP contribution in [-0.2, 0) is 30.3 Å². The van der Waals surface area contributed by atoms with Gasteiger partial charge in [-0.25, -0.2) is 4.79 Å². The van der Waals surface area contributed by atoms with Crippen molar-refractivity contribution in [1.29, 1.82) is 0 Å². The molecule has 8 heteroatoms. The maximum atomic E-state index is 13.1. The van der Waals surface area contributed by atoms with E-state index in [-0.39, 0.29) is 24.7 Å². The molecule has 35 heavy (non-hydrogen) atoms. The number of hydrogen-bond donors (Lipinski definition) is 3. The van der Waals surface area contributed by atoms with Crippen LogP contribution in [0, 0.1) is 5.92 Å². The summed E-state index contributed by atoms with van der Waals surface area (Å²) in [4.78, 5) is 51.9. The molecule has 0 aromatic heterocycles. The van der Waals surface area contributed by atoms with Crippen LogP contribution in [0.1, 0.15) is 78.2 Å². The molecule has 4 atom stereocenters. The molecule has 3 amide bonds. The van der Waals surface area contributed by atoms with Crippen molar-refractivity contribution in [3.8, 4) is 0 Å². The van der Waals surface area contributed by atoms with E-state index in [9.17, 15) is 19.2 Å². The fourth-order valence-corrected chi connectivity index (χ4v) is 4.13. The van der Waals surface area contributed by atoms with Gasteiger partial charge in [-0.3, -0.25) is 14.4 Å². The van der Waals surface area contributed by atoms with Crippen LogP contribution in [0.3, 0.4) is 0 Å². The Hall–Kier alpha value is -2.90. The number of ether oxygens (including phenoxy) is 1. The van der Waals surface area contributed by atoms with Crippen molar-refractivity contribution in [3.05, 3.63) is 35.9 Å². The summed E-state index contributed by atoms with van der Waals surface area (Å²) in [5.74, 6) is -1.68. The first-order valence-electron chi connectivity index (χ1n) is 12.8. The lowest BCUT2D eigenvalue weighted by atomic mass is 10.0. The van der Waals surface area contributed by atoms with Gasteiger partial charge in [0.15, 0.2) is 0 Å². The summed E-state index contributed by atoms with van der Waals surface area (Å²) in [6.45, 7) is 7.58. The third-order valence-electron chi connectivity index (χ3n) is 6.07. The second-order valence-corrected chi connectivity index (χ2v) is 9.84. The van der Waals surface area contributed by atoms with Crippen molar-refractivity contribution in [2.24, 2.45) is 5.92 Å². The van der Waals surface area contributed by atoms with E-state index in [0.29, 0.717) is 12.8 Å². The molecule has 0 spiro atoms. The van der Waals surface area contributed by atoms with Gasteiger partial charge in [-0.15, -0.1) is 0 Å². The maximum absolute atomic E-state index is 13.1. The molecular formula is C27H41N3O5. The highest BCUT2D eigenvalue weighted by Gasteiger charge is 2.32. The molecule has 0 aliphatic carbocycles. The van der Waals surface area contributed by atoms with Crippen LogP contribution >= 0.6 is 0 Å². The number of amides is 3. The molecule has 8 nitrogen and oxygen atoms in total. The summed E-state index contributed by atoms with van der Waals surface area (Å²) in [7, 11) is 0. The van der Waals surface area contributed by atoms with E-state index in [0.717, 1.165) is 31.2 Å². The molecule has 4 unspecified atom stereocenters. The van der Waals surface area contributed by atoms with Crippen LogP contribution < -0.4 is 16.0 Å². The Morgan fingerprint density at radius 2 is 1.63 bits per heavy atom. The number of hydrogen-bond acceptors (Lipinski definition) is 5. The maximum Gasteiger partial charge on any atom is 0.328 e. The number of esters is 1. The first kappa shape index (κ1) is 28.3. The molecule has 1 aliphatic heterocycles. The van der Waals surface area contributed by atoms with Gasteiger partial charge in [0.2, 0.25) is 17.7 Å². The Balaban J connectivity index is 2.28. The Morgan fingerprint density at radius 1 is 0.914 bits per heavy atom. The van der Waals surface area contributed by atoms with Crippen LogP contribution in [0.15, 0.2) is 30.3 Å². The second-order valence-electron chi connectivity index (χ2n) is 9.84. The van der Waals surface area contributed by atoms with E-state index in [1.165, 1.54) is 0 Å². The van der Waals surface area contributed by atoms with Gasteiger partial charge in [0.25, 0.3) is 0 Å². The summed E-state index contributed by atoms with van der Waals surface area (Å²) in [5, 5.41) is 8.24. The van der Waals surface area contributed by atoms with E-state index >= 15 is 0 Å². The molecule has 0 saturated carbocycles. The fraction of sp³-hybridized carbons (Fsp3) is 0.630. The molecule has 194 valence electrons. The summed E-state index contributed by atoms with van der Waals surface area (Å²) < 4.78 is 5.77. The van der Waals surface area contributed by atoms with Crippen LogP contribution in [0.25, 0.3) is 0 Å². The topological polar surface area (TPSA) is 114 Å². The first-order chi connectivity index (χ1) is 16.7. The molecule has 3 N–H and O–H groups in total. The van der Waals surface area contributed by atoms with Crippen molar-refractivity contribution in [2.75, 3.05) is 0 Å². The molecule has 1 heterocycles. The largest absolute Gasteiger partial charge is 0.460 e. The molecule has 1 saturated heterocycles. The van der Waals surface area contributed by atoms with E-state index in [1.807, 2.05) is 44.2 Å². The summed E-state index contributed by atoms with van der Waals surface area (Å²) in [5.41, 5.74) is 0.883. The van der Waals surface area contributed by atoms with E-state index in [4.69, 9.17) is 4.74 Å². The average Bonchev–Trinajstić information content (AvgIpc) is 2.80. The molecule has 0 radical (unpaired) electrons. The summed E-state index contributed by atoms with van der Waals surface area (Å²) >= 11 is 0. The number of rotatable bonds is 9. The lowest BCUT2D eigenvalue weighted by Gasteiger charge is -2.24. The zero-order valence-corrected chi connectivity index (χ0v) is 21.5. The fourth-order valence-electron chi connectivity index (χ4n) is 4.13. The van der Waals surface area contributed by atoms with Crippen LogP contribution in [0.4, 0.5) is 0 Å². The second kappa shape index (κ2) is 14.5. The Kier molecular flexibility index (Phi) is 11.7. The minimum absolute atomic E-state index is 0.0334. The Morgan fingerprint density at radius 3 is 2.29 bits per heavy atom. The zero-order valence-electron chi connectivity index (χ0n) is 21.5. The van der Waals surface area contributed by atoms with Gasteiger partial charge in [-0.05, 0) is 37.7 Å². The molecule has 0 bridgehead atoms. The predicted octanol–water partition coefficient (Wildman–Crippen LogP) is 3.04. The van der Waals surface area contributed by atoms with Gasteiger partial charge in [0.05, 0.1) is 6.42 Å². The van der Waals surface area contributed by atoms with Gasteiger partial charge in [0.1, 0.15) is 24.2 Å². The highest BCUT2D eigenvalue weighted by atomic mass is 16.5. The highest BCUT2D eigenvalue weighted by Crippen LogP contribution is 2.16. The zero-order chi connectivity index (χ0) is 25.8. The average molecular weight is 488 g/mol. The van der Waals surface area contributed by atoms with E-state index in [1.54, 1.807) is 6.92 Å². The quantitative estimate of drug-likeness (QED) is 0.366. The molecule has 1 aromatic rings. The van der Waals surface area contributed by atoms with Crippen molar-refractivity contribution in [1.82, 2.24) is 16.0 Å². The summed E-state index contributed by atoms with van der Waals surface area (Å²) in [6.07, 6.45) is 4.52. The molecule has 1 aliphatic rings. The summed E-state index contributed by atoms with van der Waals surface area (Å²) in [6, 6.07) is 6.79. The SMILES string of the molecule is CCCCCCC1CC(=O)NC(Cc2ccccc2)C(=O)NC(C)C(=O)NC(CC(C)C)C(=O)O1. The molecular weight excluding hydrogens is 446 g/mol. The standard InChI is InChI=1S/C27H41N3O5/c1-5-6-7-11-14-21-17-24(31)29-22(16-20-12-9-8-10-13-20)26(33)28-19(4)25(32)30-23(15-18(2)3)27(34)35-21/h8-10,12-13,18-19,21-23H,5-7,11,14-17H2,1-4H3,(H,28,33)(H,29,31)(H,30,32). The number of cyclic esters (lactones) is 1. The third-order valence-corrected chi connectivity index (χ3v) is 6.07. The van der Waals surface area contributed by atoms with Gasteiger partial charge in [0, 0.05) is 6.42 Å². The first-order valence-corrected chi connectivity index (χ1v) is 12.8. The Bertz CT molecular complexity index is 842. The van der Waals surface area contributed by atoms with Crippen molar-refractivity contribution < 1.29 is 23.9 Å².